The molecule has 1 heterocycles. The van der Waals surface area contributed by atoms with Gasteiger partial charge in [-0.05, 0) is 17.7 Å². The van der Waals surface area contributed by atoms with Crippen LogP contribution in [0.2, 0.25) is 0 Å². The van der Waals surface area contributed by atoms with E-state index in [1.54, 1.807) is 13.3 Å². The Morgan fingerprint density at radius 3 is 2.88 bits per heavy atom. The third-order valence-corrected chi connectivity index (χ3v) is 3.61. The van der Waals surface area contributed by atoms with E-state index in [1.165, 1.54) is 0 Å². The second kappa shape index (κ2) is 3.79. The van der Waals surface area contributed by atoms with Crippen molar-refractivity contribution in [3.8, 4) is 0 Å². The standard InChI is InChI=1S/C14H15NO2/c1-17-10-8-14(16,9-10)12-5-2-6-13-11(12)4-3-7-15-13/h2-7,10,16H,8-9H2,1H3. The molecule has 1 aliphatic rings. The number of hydrogen-bond donors (Lipinski definition) is 1. The molecule has 1 aliphatic carbocycles. The molecular weight excluding hydrogens is 214 g/mol. The smallest absolute Gasteiger partial charge is 0.0952 e. The SMILES string of the molecule is COC1CC(O)(c2cccc3ncccc23)C1. The summed E-state index contributed by atoms with van der Waals surface area (Å²) in [6.45, 7) is 0. The minimum atomic E-state index is -0.747. The van der Waals surface area contributed by atoms with Crippen LogP contribution in [0, 0.1) is 0 Å². The number of hydrogen-bond acceptors (Lipinski definition) is 3. The zero-order valence-corrected chi connectivity index (χ0v) is 9.76. The summed E-state index contributed by atoms with van der Waals surface area (Å²) in [5.41, 5.74) is 1.15. The number of aliphatic hydroxyl groups is 1. The number of pyridine rings is 1. The molecule has 1 saturated carbocycles. The van der Waals surface area contributed by atoms with Gasteiger partial charge in [0.25, 0.3) is 0 Å². The van der Waals surface area contributed by atoms with Gasteiger partial charge in [0.1, 0.15) is 0 Å². The van der Waals surface area contributed by atoms with E-state index in [0.29, 0.717) is 12.8 Å². The van der Waals surface area contributed by atoms with Crippen molar-refractivity contribution in [2.24, 2.45) is 0 Å². The Morgan fingerprint density at radius 2 is 2.12 bits per heavy atom. The molecule has 88 valence electrons. The van der Waals surface area contributed by atoms with Crippen molar-refractivity contribution in [1.82, 2.24) is 4.98 Å². The van der Waals surface area contributed by atoms with Gasteiger partial charge in [-0.25, -0.2) is 0 Å². The fourth-order valence-corrected chi connectivity index (χ4v) is 2.59. The molecule has 1 aromatic carbocycles. The average Bonchev–Trinajstić information content (AvgIpc) is 2.34. The summed E-state index contributed by atoms with van der Waals surface area (Å²) in [7, 11) is 1.69. The molecule has 3 nitrogen and oxygen atoms in total. The monoisotopic (exact) mass is 229 g/mol. The molecule has 2 aromatic rings. The first kappa shape index (κ1) is 10.7. The van der Waals surface area contributed by atoms with E-state index in [4.69, 9.17) is 4.74 Å². The average molecular weight is 229 g/mol. The number of fused-ring (bicyclic) bond motifs is 1. The van der Waals surface area contributed by atoms with Crippen molar-refractivity contribution >= 4 is 10.9 Å². The van der Waals surface area contributed by atoms with E-state index >= 15 is 0 Å². The maximum Gasteiger partial charge on any atom is 0.0952 e. The molecular formula is C14H15NO2. The van der Waals surface area contributed by atoms with Gasteiger partial charge in [0.15, 0.2) is 0 Å². The second-order valence-corrected chi connectivity index (χ2v) is 4.67. The quantitative estimate of drug-likeness (QED) is 0.858. The fourth-order valence-electron chi connectivity index (χ4n) is 2.59. The van der Waals surface area contributed by atoms with Gasteiger partial charge in [-0.3, -0.25) is 4.98 Å². The Balaban J connectivity index is 2.07. The summed E-state index contributed by atoms with van der Waals surface area (Å²) < 4.78 is 5.24. The molecule has 0 aliphatic heterocycles. The van der Waals surface area contributed by atoms with Gasteiger partial charge < -0.3 is 9.84 Å². The molecule has 0 amide bonds. The summed E-state index contributed by atoms with van der Waals surface area (Å²) >= 11 is 0. The first-order chi connectivity index (χ1) is 8.23. The van der Waals surface area contributed by atoms with Gasteiger partial charge >= 0.3 is 0 Å². The van der Waals surface area contributed by atoms with Crippen molar-refractivity contribution in [1.29, 1.82) is 0 Å². The van der Waals surface area contributed by atoms with Crippen LogP contribution in [0.5, 0.6) is 0 Å². The van der Waals surface area contributed by atoms with Crippen LogP contribution in [-0.4, -0.2) is 23.3 Å². The normalized spacial score (nSPS) is 28.0. The van der Waals surface area contributed by atoms with E-state index in [1.807, 2.05) is 30.3 Å². The molecule has 1 fully saturated rings. The minimum absolute atomic E-state index is 0.173. The van der Waals surface area contributed by atoms with Crippen LogP contribution in [0.15, 0.2) is 36.5 Å². The van der Waals surface area contributed by atoms with Gasteiger partial charge in [0.05, 0.1) is 17.2 Å². The molecule has 1 aromatic heterocycles. The summed E-state index contributed by atoms with van der Waals surface area (Å²) in [6, 6.07) is 9.81. The van der Waals surface area contributed by atoms with Crippen molar-refractivity contribution in [2.45, 2.75) is 24.5 Å². The van der Waals surface area contributed by atoms with E-state index in [9.17, 15) is 5.11 Å². The zero-order valence-electron chi connectivity index (χ0n) is 9.76. The summed E-state index contributed by atoms with van der Waals surface area (Å²) in [6.07, 6.45) is 3.27. The van der Waals surface area contributed by atoms with Crippen LogP contribution in [-0.2, 0) is 10.3 Å². The number of methoxy groups -OCH3 is 1. The van der Waals surface area contributed by atoms with Crippen molar-refractivity contribution in [2.75, 3.05) is 7.11 Å². The minimum Gasteiger partial charge on any atom is -0.385 e. The lowest BCUT2D eigenvalue weighted by molar-refractivity contribution is -0.132. The Labute approximate surface area is 100 Å². The summed E-state index contributed by atoms with van der Waals surface area (Å²) in [5, 5.41) is 11.6. The lowest BCUT2D eigenvalue weighted by atomic mass is 9.72. The molecule has 3 rings (SSSR count). The van der Waals surface area contributed by atoms with Gasteiger partial charge in [-0.2, -0.15) is 0 Å². The van der Waals surface area contributed by atoms with Gasteiger partial charge in [0.2, 0.25) is 0 Å². The van der Waals surface area contributed by atoms with Gasteiger partial charge in [-0.15, -0.1) is 0 Å². The second-order valence-electron chi connectivity index (χ2n) is 4.67. The zero-order chi connectivity index (χ0) is 11.9. The molecule has 0 spiro atoms. The lowest BCUT2D eigenvalue weighted by Crippen LogP contribution is -2.45. The summed E-state index contributed by atoms with van der Waals surface area (Å²) in [4.78, 5) is 4.31. The van der Waals surface area contributed by atoms with Crippen LogP contribution in [0.4, 0.5) is 0 Å². The predicted octanol–water partition coefficient (Wildman–Crippen LogP) is 2.23. The highest BCUT2D eigenvalue weighted by Crippen LogP contribution is 2.44. The number of rotatable bonds is 2. The van der Waals surface area contributed by atoms with E-state index in [-0.39, 0.29) is 6.10 Å². The molecule has 0 atom stereocenters. The molecule has 3 heteroatoms. The van der Waals surface area contributed by atoms with E-state index < -0.39 is 5.60 Å². The highest BCUT2D eigenvalue weighted by molar-refractivity contribution is 5.83. The number of ether oxygens (including phenoxy) is 1. The Bertz CT molecular complexity index is 541. The number of benzene rings is 1. The summed E-state index contributed by atoms with van der Waals surface area (Å²) in [5.74, 6) is 0. The van der Waals surface area contributed by atoms with Gasteiger partial charge in [0, 0.05) is 31.5 Å². The third-order valence-electron chi connectivity index (χ3n) is 3.61. The number of aromatic nitrogens is 1. The predicted molar refractivity (Wildman–Crippen MR) is 65.7 cm³/mol. The molecule has 0 unspecified atom stereocenters. The van der Waals surface area contributed by atoms with Crippen molar-refractivity contribution in [3.63, 3.8) is 0 Å². The van der Waals surface area contributed by atoms with Crippen molar-refractivity contribution in [3.05, 3.63) is 42.1 Å². The molecule has 17 heavy (non-hydrogen) atoms. The molecule has 0 saturated heterocycles. The first-order valence-corrected chi connectivity index (χ1v) is 5.82. The largest absolute Gasteiger partial charge is 0.385 e. The third kappa shape index (κ3) is 1.63. The molecule has 1 N–H and O–H groups in total. The van der Waals surface area contributed by atoms with E-state index in [0.717, 1.165) is 16.5 Å². The highest BCUT2D eigenvalue weighted by atomic mass is 16.5. The van der Waals surface area contributed by atoms with Crippen LogP contribution < -0.4 is 0 Å². The topological polar surface area (TPSA) is 42.4 Å². The van der Waals surface area contributed by atoms with Crippen LogP contribution in [0.25, 0.3) is 10.9 Å². The fraction of sp³-hybridized carbons (Fsp3) is 0.357. The van der Waals surface area contributed by atoms with Crippen LogP contribution >= 0.6 is 0 Å². The number of nitrogens with zero attached hydrogens (tertiary/aromatic N) is 1. The lowest BCUT2D eigenvalue weighted by Gasteiger charge is -2.43. The Kier molecular flexibility index (Phi) is 2.38. The van der Waals surface area contributed by atoms with Gasteiger partial charge in [-0.1, -0.05) is 18.2 Å². The maximum atomic E-state index is 10.6. The first-order valence-electron chi connectivity index (χ1n) is 5.82. The molecule has 0 radical (unpaired) electrons. The Morgan fingerprint density at radius 1 is 1.29 bits per heavy atom. The maximum absolute atomic E-state index is 10.6. The van der Waals surface area contributed by atoms with E-state index in [2.05, 4.69) is 4.98 Å². The Hall–Kier alpha value is -1.45. The van der Waals surface area contributed by atoms with Crippen LogP contribution in [0.3, 0.4) is 0 Å². The highest BCUT2D eigenvalue weighted by Gasteiger charge is 2.45. The molecule has 0 bridgehead atoms. The van der Waals surface area contributed by atoms with Crippen LogP contribution in [0.1, 0.15) is 18.4 Å². The van der Waals surface area contributed by atoms with Crippen molar-refractivity contribution < 1.29 is 9.84 Å².